The SMILES string of the molecule is CC(C)(C)c1ccnc(-n2c3ccccc3c3ccc(Oc4cccc(Nc5ccccc5NC5CCCC5)c4)cc32)c1. The lowest BCUT2D eigenvalue weighted by Crippen LogP contribution is -2.15. The zero-order chi connectivity index (χ0) is 29.4. The van der Waals surface area contributed by atoms with Crippen LogP contribution in [0, 0.1) is 0 Å². The van der Waals surface area contributed by atoms with Gasteiger partial charge in [-0.1, -0.05) is 70.0 Å². The van der Waals surface area contributed by atoms with Crippen molar-refractivity contribution in [1.29, 1.82) is 0 Å². The zero-order valence-corrected chi connectivity index (χ0v) is 25.1. The molecule has 6 aromatic rings. The average Bonchev–Trinajstić information content (AvgIpc) is 3.64. The van der Waals surface area contributed by atoms with Crippen LogP contribution in [0.1, 0.15) is 52.0 Å². The predicted octanol–water partition coefficient (Wildman–Crippen LogP) is 10.4. The van der Waals surface area contributed by atoms with Crippen LogP contribution in [0.5, 0.6) is 11.5 Å². The smallest absolute Gasteiger partial charge is 0.137 e. The Hall–Kier alpha value is -4.77. The lowest BCUT2D eigenvalue weighted by Gasteiger charge is -2.20. The van der Waals surface area contributed by atoms with Crippen molar-refractivity contribution in [1.82, 2.24) is 9.55 Å². The maximum absolute atomic E-state index is 6.48. The van der Waals surface area contributed by atoms with Gasteiger partial charge in [0.25, 0.3) is 0 Å². The van der Waals surface area contributed by atoms with Gasteiger partial charge in [-0.15, -0.1) is 0 Å². The second kappa shape index (κ2) is 11.1. The number of pyridine rings is 1. The van der Waals surface area contributed by atoms with Crippen LogP contribution in [-0.4, -0.2) is 15.6 Å². The number of nitrogens with one attached hydrogen (secondary N) is 2. The van der Waals surface area contributed by atoms with Crippen molar-refractivity contribution in [2.75, 3.05) is 10.6 Å². The summed E-state index contributed by atoms with van der Waals surface area (Å²) in [4.78, 5) is 4.81. The molecule has 0 bridgehead atoms. The first kappa shape index (κ1) is 27.1. The highest BCUT2D eigenvalue weighted by atomic mass is 16.5. The molecule has 5 heteroatoms. The van der Waals surface area contributed by atoms with Crippen molar-refractivity contribution in [3.63, 3.8) is 0 Å². The highest BCUT2D eigenvalue weighted by Gasteiger charge is 2.19. The minimum Gasteiger partial charge on any atom is -0.457 e. The lowest BCUT2D eigenvalue weighted by molar-refractivity contribution is 0.483. The predicted molar refractivity (Wildman–Crippen MR) is 179 cm³/mol. The van der Waals surface area contributed by atoms with Gasteiger partial charge in [-0.3, -0.25) is 4.57 Å². The monoisotopic (exact) mass is 566 g/mol. The van der Waals surface area contributed by atoms with Crippen molar-refractivity contribution >= 4 is 38.9 Å². The lowest BCUT2D eigenvalue weighted by atomic mass is 9.88. The summed E-state index contributed by atoms with van der Waals surface area (Å²) in [6, 6.07) is 36.3. The van der Waals surface area contributed by atoms with E-state index in [1.165, 1.54) is 42.0 Å². The maximum Gasteiger partial charge on any atom is 0.137 e. The van der Waals surface area contributed by atoms with Gasteiger partial charge in [0.2, 0.25) is 0 Å². The number of benzene rings is 4. The topological polar surface area (TPSA) is 51.1 Å². The molecular formula is C38H38N4O. The summed E-state index contributed by atoms with van der Waals surface area (Å²) in [5, 5.41) is 9.73. The molecule has 5 nitrogen and oxygen atoms in total. The highest BCUT2D eigenvalue weighted by molar-refractivity contribution is 6.09. The Morgan fingerprint density at radius 2 is 1.47 bits per heavy atom. The molecule has 2 heterocycles. The summed E-state index contributed by atoms with van der Waals surface area (Å²) in [6.07, 6.45) is 6.99. The summed E-state index contributed by atoms with van der Waals surface area (Å²) in [7, 11) is 0. The number of ether oxygens (including phenoxy) is 1. The fourth-order valence-corrected chi connectivity index (χ4v) is 6.20. The molecule has 1 aliphatic carbocycles. The largest absolute Gasteiger partial charge is 0.457 e. The van der Waals surface area contributed by atoms with Crippen molar-refractivity contribution in [3.05, 3.63) is 115 Å². The van der Waals surface area contributed by atoms with Gasteiger partial charge in [-0.05, 0) is 78.4 Å². The molecule has 43 heavy (non-hydrogen) atoms. The zero-order valence-electron chi connectivity index (χ0n) is 25.1. The van der Waals surface area contributed by atoms with E-state index in [0.717, 1.165) is 45.4 Å². The van der Waals surface area contributed by atoms with Crippen LogP contribution in [-0.2, 0) is 5.41 Å². The van der Waals surface area contributed by atoms with E-state index in [9.17, 15) is 0 Å². The number of anilines is 3. The Labute approximate surface area is 253 Å². The second-order valence-electron chi connectivity index (χ2n) is 12.6. The first-order valence-corrected chi connectivity index (χ1v) is 15.3. The van der Waals surface area contributed by atoms with E-state index in [0.29, 0.717) is 6.04 Å². The number of nitrogens with zero attached hydrogens (tertiary/aromatic N) is 2. The van der Waals surface area contributed by atoms with Gasteiger partial charge in [0.05, 0.1) is 22.4 Å². The molecule has 0 radical (unpaired) electrons. The first-order chi connectivity index (χ1) is 20.9. The van der Waals surface area contributed by atoms with Gasteiger partial charge in [0.1, 0.15) is 17.3 Å². The van der Waals surface area contributed by atoms with E-state index in [1.54, 1.807) is 0 Å². The molecule has 0 unspecified atom stereocenters. The number of aromatic nitrogens is 2. The summed E-state index contributed by atoms with van der Waals surface area (Å²) >= 11 is 0. The molecule has 0 spiro atoms. The molecule has 2 aromatic heterocycles. The molecule has 0 saturated heterocycles. The molecule has 0 amide bonds. The molecular weight excluding hydrogens is 528 g/mol. The molecule has 2 N–H and O–H groups in total. The van der Waals surface area contributed by atoms with Gasteiger partial charge < -0.3 is 15.4 Å². The van der Waals surface area contributed by atoms with Gasteiger partial charge >= 0.3 is 0 Å². The number of hydrogen-bond donors (Lipinski definition) is 2. The Morgan fingerprint density at radius 3 is 2.30 bits per heavy atom. The Balaban J connectivity index is 1.21. The molecule has 4 aromatic carbocycles. The Bertz CT molecular complexity index is 1910. The van der Waals surface area contributed by atoms with E-state index in [2.05, 4.69) is 127 Å². The normalized spacial score (nSPS) is 13.9. The molecule has 0 aliphatic heterocycles. The molecule has 216 valence electrons. The summed E-state index contributed by atoms with van der Waals surface area (Å²) < 4.78 is 8.73. The van der Waals surface area contributed by atoms with Crippen LogP contribution in [0.3, 0.4) is 0 Å². The summed E-state index contributed by atoms with van der Waals surface area (Å²) in [5.74, 6) is 2.47. The van der Waals surface area contributed by atoms with Crippen LogP contribution in [0.2, 0.25) is 0 Å². The average molecular weight is 567 g/mol. The second-order valence-corrected chi connectivity index (χ2v) is 12.6. The molecule has 1 aliphatic rings. The van der Waals surface area contributed by atoms with Crippen LogP contribution in [0.25, 0.3) is 27.6 Å². The fourth-order valence-electron chi connectivity index (χ4n) is 6.20. The minimum atomic E-state index is 0.0247. The Morgan fingerprint density at radius 1 is 0.721 bits per heavy atom. The van der Waals surface area contributed by atoms with E-state index in [-0.39, 0.29) is 5.41 Å². The molecule has 1 saturated carbocycles. The quantitative estimate of drug-likeness (QED) is 0.202. The molecule has 0 atom stereocenters. The van der Waals surface area contributed by atoms with Gasteiger partial charge in [0, 0.05) is 40.8 Å². The van der Waals surface area contributed by atoms with E-state index < -0.39 is 0 Å². The number of hydrogen-bond acceptors (Lipinski definition) is 4. The third kappa shape index (κ3) is 5.55. The first-order valence-electron chi connectivity index (χ1n) is 15.3. The minimum absolute atomic E-state index is 0.0247. The number of para-hydroxylation sites is 3. The van der Waals surface area contributed by atoms with E-state index >= 15 is 0 Å². The molecule has 7 rings (SSSR count). The van der Waals surface area contributed by atoms with E-state index in [1.807, 2.05) is 18.3 Å². The summed E-state index contributed by atoms with van der Waals surface area (Å²) in [6.45, 7) is 6.70. The van der Waals surface area contributed by atoms with Crippen molar-refractivity contribution in [3.8, 4) is 17.3 Å². The Kier molecular flexibility index (Phi) is 7.02. The van der Waals surface area contributed by atoms with Crippen LogP contribution in [0.15, 0.2) is 109 Å². The standard InChI is InChI=1S/C38H38N4O/c1-38(2,3)26-21-22-39-37(23-26)42-35-18-9-6-15-31(35)32-20-19-30(25-36(32)42)43-29-14-10-13-28(24-29)41-34-17-8-7-16-33(34)40-27-11-4-5-12-27/h6-10,13-25,27,40-41H,4-5,11-12H2,1-3H3. The van der Waals surface area contributed by atoms with Gasteiger partial charge in [-0.25, -0.2) is 4.98 Å². The van der Waals surface area contributed by atoms with Crippen molar-refractivity contribution < 1.29 is 4.74 Å². The molecule has 1 fully saturated rings. The van der Waals surface area contributed by atoms with Gasteiger partial charge in [-0.2, -0.15) is 0 Å². The van der Waals surface area contributed by atoms with E-state index in [4.69, 9.17) is 9.72 Å². The van der Waals surface area contributed by atoms with Crippen LogP contribution >= 0.6 is 0 Å². The maximum atomic E-state index is 6.48. The fraction of sp³-hybridized carbons (Fsp3) is 0.237. The highest BCUT2D eigenvalue weighted by Crippen LogP contribution is 2.36. The third-order valence-electron chi connectivity index (χ3n) is 8.48. The number of fused-ring (bicyclic) bond motifs is 3. The van der Waals surface area contributed by atoms with Crippen LogP contribution in [0.4, 0.5) is 17.1 Å². The number of rotatable bonds is 7. The van der Waals surface area contributed by atoms with Gasteiger partial charge in [0.15, 0.2) is 0 Å². The van der Waals surface area contributed by atoms with Crippen molar-refractivity contribution in [2.24, 2.45) is 0 Å². The van der Waals surface area contributed by atoms with Crippen LogP contribution < -0.4 is 15.4 Å². The van der Waals surface area contributed by atoms with Crippen molar-refractivity contribution in [2.45, 2.75) is 57.9 Å². The third-order valence-corrected chi connectivity index (χ3v) is 8.48. The summed E-state index contributed by atoms with van der Waals surface area (Å²) in [5.41, 5.74) is 6.67.